The second kappa shape index (κ2) is 10.1. The van der Waals surface area contributed by atoms with E-state index in [2.05, 4.69) is 20.0 Å². The van der Waals surface area contributed by atoms with E-state index >= 15 is 0 Å². The van der Waals surface area contributed by atoms with Crippen molar-refractivity contribution in [3.63, 3.8) is 0 Å². The Hall–Kier alpha value is -3.73. The lowest BCUT2D eigenvalue weighted by atomic mass is 9.64. The highest BCUT2D eigenvalue weighted by Crippen LogP contribution is 2.47. The standard InChI is InChI=1S/C25H23F4N3O4/c1-35-14-19(15-8-9-20(17(26)12-15)36-25(27,28)29)30-22(34)18-13-21(33)32-23(31-18)24(10-5-11-24)16-6-3-2-4-7-16/h2-4,6-9,12-13,19H,5,10-11,14H2,1H3,(H,30,34)(H,31,32,33)/t19-/m1/s1. The fourth-order valence-corrected chi connectivity index (χ4v) is 4.31. The molecule has 0 saturated heterocycles. The van der Waals surface area contributed by atoms with E-state index in [9.17, 15) is 27.2 Å². The molecule has 0 spiro atoms. The summed E-state index contributed by atoms with van der Waals surface area (Å²) >= 11 is 0. The molecule has 1 aliphatic carbocycles. The molecule has 11 heteroatoms. The summed E-state index contributed by atoms with van der Waals surface area (Å²) in [7, 11) is 1.35. The van der Waals surface area contributed by atoms with Gasteiger partial charge in [-0.2, -0.15) is 0 Å². The van der Waals surface area contributed by atoms with E-state index in [0.29, 0.717) is 5.82 Å². The van der Waals surface area contributed by atoms with E-state index in [1.54, 1.807) is 0 Å². The fraction of sp³-hybridized carbons (Fsp3) is 0.320. The van der Waals surface area contributed by atoms with Gasteiger partial charge in [-0.1, -0.05) is 42.8 Å². The average molecular weight is 505 g/mol. The first kappa shape index (κ1) is 25.4. The predicted octanol–water partition coefficient (Wildman–Crippen LogP) is 4.40. The molecular formula is C25H23F4N3O4. The van der Waals surface area contributed by atoms with Crippen LogP contribution < -0.4 is 15.6 Å². The van der Waals surface area contributed by atoms with E-state index in [1.807, 2.05) is 30.3 Å². The largest absolute Gasteiger partial charge is 0.573 e. The third kappa shape index (κ3) is 5.40. The van der Waals surface area contributed by atoms with Crippen molar-refractivity contribution in [1.29, 1.82) is 0 Å². The molecule has 3 aromatic rings. The van der Waals surface area contributed by atoms with Gasteiger partial charge < -0.3 is 19.8 Å². The molecule has 0 bridgehead atoms. The van der Waals surface area contributed by atoms with Crippen LogP contribution in [0.5, 0.6) is 5.75 Å². The molecule has 2 aromatic carbocycles. The van der Waals surface area contributed by atoms with E-state index in [1.165, 1.54) is 13.2 Å². The lowest BCUT2D eigenvalue weighted by molar-refractivity contribution is -0.275. The summed E-state index contributed by atoms with van der Waals surface area (Å²) < 4.78 is 60.3. The number of carbonyl (C=O) groups is 1. The minimum atomic E-state index is -5.05. The summed E-state index contributed by atoms with van der Waals surface area (Å²) in [6, 6.07) is 12.5. The molecule has 4 rings (SSSR count). The van der Waals surface area contributed by atoms with Crippen LogP contribution in [0, 0.1) is 5.82 Å². The predicted molar refractivity (Wildman–Crippen MR) is 121 cm³/mol. The topological polar surface area (TPSA) is 93.3 Å². The Bertz CT molecular complexity index is 1290. The van der Waals surface area contributed by atoms with Crippen LogP contribution in [0.3, 0.4) is 0 Å². The van der Waals surface area contributed by atoms with E-state index in [-0.39, 0.29) is 17.9 Å². The van der Waals surface area contributed by atoms with Crippen LogP contribution in [0.15, 0.2) is 59.4 Å². The zero-order valence-corrected chi connectivity index (χ0v) is 19.2. The molecule has 1 amide bonds. The molecule has 2 N–H and O–H groups in total. The zero-order valence-electron chi connectivity index (χ0n) is 19.2. The molecule has 36 heavy (non-hydrogen) atoms. The summed E-state index contributed by atoms with van der Waals surface area (Å²) in [5, 5.41) is 2.62. The van der Waals surface area contributed by atoms with Gasteiger partial charge in [-0.05, 0) is 36.1 Å². The van der Waals surface area contributed by atoms with Crippen molar-refractivity contribution in [3.8, 4) is 5.75 Å². The van der Waals surface area contributed by atoms with Gasteiger partial charge in [-0.25, -0.2) is 9.37 Å². The van der Waals surface area contributed by atoms with Gasteiger partial charge >= 0.3 is 6.36 Å². The minimum Gasteiger partial charge on any atom is -0.403 e. The summed E-state index contributed by atoms with van der Waals surface area (Å²) in [5.41, 5.74) is -0.0436. The molecule has 0 unspecified atom stereocenters. The van der Waals surface area contributed by atoms with Crippen LogP contribution in [0.4, 0.5) is 17.6 Å². The second-order valence-electron chi connectivity index (χ2n) is 8.50. The van der Waals surface area contributed by atoms with Crippen LogP contribution in [-0.2, 0) is 10.2 Å². The Morgan fingerprint density at radius 2 is 1.89 bits per heavy atom. The highest BCUT2D eigenvalue weighted by Gasteiger charge is 2.43. The highest BCUT2D eigenvalue weighted by atomic mass is 19.4. The number of hydrogen-bond donors (Lipinski definition) is 2. The molecule has 1 atom stereocenters. The fourth-order valence-electron chi connectivity index (χ4n) is 4.31. The van der Waals surface area contributed by atoms with Crippen molar-refractivity contribution in [2.75, 3.05) is 13.7 Å². The highest BCUT2D eigenvalue weighted by molar-refractivity contribution is 5.92. The number of amides is 1. The van der Waals surface area contributed by atoms with Crippen LogP contribution in [0.2, 0.25) is 0 Å². The van der Waals surface area contributed by atoms with Crippen LogP contribution in [0.1, 0.15) is 52.7 Å². The van der Waals surface area contributed by atoms with Gasteiger partial charge in [0.25, 0.3) is 11.5 Å². The SMILES string of the molecule is COC[C@@H](NC(=O)c1cc(=O)[nH]c(C2(c3ccccc3)CCC2)n1)c1ccc(OC(F)(F)F)c(F)c1. The molecule has 7 nitrogen and oxygen atoms in total. The van der Waals surface area contributed by atoms with Crippen LogP contribution >= 0.6 is 0 Å². The van der Waals surface area contributed by atoms with Crippen molar-refractivity contribution in [2.45, 2.75) is 37.1 Å². The molecule has 1 fully saturated rings. The molecule has 1 aromatic heterocycles. The Balaban J connectivity index is 1.60. The quantitative estimate of drug-likeness (QED) is 0.443. The number of aromatic amines is 1. The van der Waals surface area contributed by atoms with Crippen molar-refractivity contribution in [3.05, 3.63) is 93.4 Å². The molecule has 1 heterocycles. The van der Waals surface area contributed by atoms with E-state index in [0.717, 1.165) is 43.0 Å². The first-order valence-corrected chi connectivity index (χ1v) is 11.1. The number of rotatable bonds is 8. The van der Waals surface area contributed by atoms with Gasteiger partial charge in [-0.3, -0.25) is 9.59 Å². The number of alkyl halides is 3. The van der Waals surface area contributed by atoms with Crippen molar-refractivity contribution in [1.82, 2.24) is 15.3 Å². The molecule has 190 valence electrons. The monoisotopic (exact) mass is 505 g/mol. The maximum atomic E-state index is 14.2. The van der Waals surface area contributed by atoms with Gasteiger partial charge in [0.2, 0.25) is 0 Å². The van der Waals surface area contributed by atoms with Crippen LogP contribution in [0.25, 0.3) is 0 Å². The molecule has 1 saturated carbocycles. The summed E-state index contributed by atoms with van der Waals surface area (Å²) in [6.07, 6.45) is -2.61. The number of hydrogen-bond acceptors (Lipinski definition) is 5. The first-order valence-electron chi connectivity index (χ1n) is 11.1. The average Bonchev–Trinajstić information content (AvgIpc) is 2.79. The lowest BCUT2D eigenvalue weighted by Gasteiger charge is -2.41. The number of nitrogens with zero attached hydrogens (tertiary/aromatic N) is 1. The molecule has 0 aliphatic heterocycles. The lowest BCUT2D eigenvalue weighted by Crippen LogP contribution is -2.40. The molecular weight excluding hydrogens is 482 g/mol. The number of aromatic nitrogens is 2. The number of methoxy groups -OCH3 is 1. The molecule has 0 radical (unpaired) electrons. The first-order chi connectivity index (χ1) is 17.1. The number of benzene rings is 2. The Kier molecular flexibility index (Phi) is 7.11. The van der Waals surface area contributed by atoms with Gasteiger partial charge in [-0.15, -0.1) is 13.2 Å². The van der Waals surface area contributed by atoms with Crippen molar-refractivity contribution in [2.24, 2.45) is 0 Å². The van der Waals surface area contributed by atoms with E-state index < -0.39 is 40.9 Å². The smallest absolute Gasteiger partial charge is 0.403 e. The summed E-state index contributed by atoms with van der Waals surface area (Å²) in [4.78, 5) is 32.7. The second-order valence-corrected chi connectivity index (χ2v) is 8.50. The maximum absolute atomic E-state index is 14.2. The maximum Gasteiger partial charge on any atom is 0.573 e. The number of H-pyrrole nitrogens is 1. The Labute approximate surface area is 203 Å². The normalized spacial score (nSPS) is 15.6. The summed E-state index contributed by atoms with van der Waals surface area (Å²) in [5.74, 6) is -2.60. The minimum absolute atomic E-state index is 0.116. The zero-order chi connectivity index (χ0) is 25.9. The van der Waals surface area contributed by atoms with Gasteiger partial charge in [0.15, 0.2) is 11.6 Å². The number of halogens is 4. The van der Waals surface area contributed by atoms with Gasteiger partial charge in [0.05, 0.1) is 18.1 Å². The van der Waals surface area contributed by atoms with E-state index in [4.69, 9.17) is 4.74 Å². The third-order valence-electron chi connectivity index (χ3n) is 6.18. The Morgan fingerprint density at radius 1 is 1.17 bits per heavy atom. The number of ether oxygens (including phenoxy) is 2. The molecule has 1 aliphatic rings. The van der Waals surface area contributed by atoms with Gasteiger partial charge in [0, 0.05) is 13.2 Å². The van der Waals surface area contributed by atoms with Crippen LogP contribution in [-0.4, -0.2) is 36.0 Å². The number of carbonyl (C=O) groups excluding carboxylic acids is 1. The number of nitrogens with one attached hydrogen (secondary N) is 2. The van der Waals surface area contributed by atoms with Crippen molar-refractivity contribution < 1.29 is 31.8 Å². The van der Waals surface area contributed by atoms with Crippen molar-refractivity contribution >= 4 is 5.91 Å². The van der Waals surface area contributed by atoms with Gasteiger partial charge in [0.1, 0.15) is 11.5 Å². The third-order valence-corrected chi connectivity index (χ3v) is 6.18. The summed E-state index contributed by atoms with van der Waals surface area (Å²) in [6.45, 7) is -0.116. The Morgan fingerprint density at radius 3 is 2.47 bits per heavy atom.